The molecule has 0 aliphatic carbocycles. The Morgan fingerprint density at radius 2 is 1.60 bits per heavy atom. The van der Waals surface area contributed by atoms with Gasteiger partial charge in [0.25, 0.3) is 0 Å². The van der Waals surface area contributed by atoms with Crippen molar-refractivity contribution >= 4 is 46.7 Å². The summed E-state index contributed by atoms with van der Waals surface area (Å²) in [5.74, 6) is -0.188. The van der Waals surface area contributed by atoms with Gasteiger partial charge in [-0.25, -0.2) is 0 Å². The SMILES string of the molecule is COC.Oc1cc(Cl)c(OCl)c(Cl)c1Cl. The standard InChI is InChI=1S/C6H2Cl4O2.C2H6O/c7-2-1-3(11)4(8)5(9)6(2)12-10;1-3-2/h1,11H;1-2H3. The van der Waals surface area contributed by atoms with Crippen molar-refractivity contribution in [3.8, 4) is 11.5 Å². The predicted molar refractivity (Wildman–Crippen MR) is 62.6 cm³/mol. The second kappa shape index (κ2) is 7.25. The molecular weight excluding hydrogens is 286 g/mol. The van der Waals surface area contributed by atoms with Crippen molar-refractivity contribution in [3.63, 3.8) is 0 Å². The maximum Gasteiger partial charge on any atom is 0.185 e. The lowest BCUT2D eigenvalue weighted by molar-refractivity contribution is 0.277. The summed E-state index contributed by atoms with van der Waals surface area (Å²) in [5.41, 5.74) is 0. The first-order chi connectivity index (χ1) is 6.99. The number of halogens is 4. The van der Waals surface area contributed by atoms with Crippen molar-refractivity contribution in [2.24, 2.45) is 0 Å². The number of hydrogen-bond acceptors (Lipinski definition) is 3. The van der Waals surface area contributed by atoms with Gasteiger partial charge in [-0.1, -0.05) is 34.8 Å². The van der Waals surface area contributed by atoms with Crippen LogP contribution in [0.3, 0.4) is 0 Å². The average molecular weight is 294 g/mol. The molecule has 0 saturated heterocycles. The molecule has 7 heteroatoms. The van der Waals surface area contributed by atoms with E-state index in [4.69, 9.17) is 51.8 Å². The normalized spacial score (nSPS) is 9.20. The van der Waals surface area contributed by atoms with Crippen LogP contribution in [0.15, 0.2) is 6.07 Å². The Kier molecular flexibility index (Phi) is 7.22. The molecule has 0 atom stereocenters. The maximum absolute atomic E-state index is 9.10. The fraction of sp³-hybridized carbons (Fsp3) is 0.250. The minimum Gasteiger partial charge on any atom is -0.506 e. The van der Waals surface area contributed by atoms with Crippen molar-refractivity contribution in [2.75, 3.05) is 14.2 Å². The first-order valence-electron chi connectivity index (χ1n) is 3.54. The Bertz CT molecular complexity index is 330. The number of benzene rings is 1. The monoisotopic (exact) mass is 292 g/mol. The molecule has 0 unspecified atom stereocenters. The van der Waals surface area contributed by atoms with E-state index in [1.165, 1.54) is 6.07 Å². The van der Waals surface area contributed by atoms with Gasteiger partial charge in [0.1, 0.15) is 27.7 Å². The molecule has 0 radical (unpaired) electrons. The molecule has 0 saturated carbocycles. The summed E-state index contributed by atoms with van der Waals surface area (Å²) in [6.45, 7) is 0. The van der Waals surface area contributed by atoms with E-state index in [0.717, 1.165) is 0 Å². The van der Waals surface area contributed by atoms with Crippen LogP contribution in [0.4, 0.5) is 0 Å². The first-order valence-corrected chi connectivity index (χ1v) is 4.99. The van der Waals surface area contributed by atoms with E-state index in [1.54, 1.807) is 14.2 Å². The number of methoxy groups -OCH3 is 1. The van der Waals surface area contributed by atoms with Crippen molar-refractivity contribution in [1.82, 2.24) is 0 Å². The minimum absolute atomic E-state index is 0.0170. The molecule has 15 heavy (non-hydrogen) atoms. The topological polar surface area (TPSA) is 38.7 Å². The van der Waals surface area contributed by atoms with Crippen molar-refractivity contribution in [2.45, 2.75) is 0 Å². The Hall–Kier alpha value is -0.0600. The Morgan fingerprint density at radius 1 is 1.13 bits per heavy atom. The molecule has 1 aromatic carbocycles. The molecule has 1 N–H and O–H groups in total. The van der Waals surface area contributed by atoms with Gasteiger partial charge in [-0.2, -0.15) is 0 Å². The number of phenolic OH excluding ortho intramolecular Hbond substituents is 1. The summed E-state index contributed by atoms with van der Waals surface area (Å²) < 4.78 is 8.57. The van der Waals surface area contributed by atoms with E-state index in [1.807, 2.05) is 0 Å². The molecule has 0 spiro atoms. The highest BCUT2D eigenvalue weighted by molar-refractivity contribution is 6.46. The minimum atomic E-state index is -0.218. The van der Waals surface area contributed by atoms with Gasteiger partial charge in [0.2, 0.25) is 0 Å². The lowest BCUT2D eigenvalue weighted by atomic mass is 10.3. The summed E-state index contributed by atoms with van der Waals surface area (Å²) in [6.07, 6.45) is 0. The molecular formula is C8H8Cl4O3. The fourth-order valence-corrected chi connectivity index (χ4v) is 1.54. The number of phenols is 1. The molecule has 0 aliphatic rings. The third-order valence-electron chi connectivity index (χ3n) is 1.17. The van der Waals surface area contributed by atoms with E-state index in [-0.39, 0.29) is 26.6 Å². The lowest BCUT2D eigenvalue weighted by Gasteiger charge is -2.05. The molecule has 0 fully saturated rings. The van der Waals surface area contributed by atoms with E-state index in [0.29, 0.717) is 0 Å². The number of aromatic hydroxyl groups is 1. The van der Waals surface area contributed by atoms with Crippen LogP contribution < -0.4 is 4.29 Å². The van der Waals surface area contributed by atoms with Gasteiger partial charge in [0.15, 0.2) is 5.75 Å². The van der Waals surface area contributed by atoms with E-state index >= 15 is 0 Å². The molecule has 0 aliphatic heterocycles. The third-order valence-corrected chi connectivity index (χ3v) is 2.45. The summed E-state index contributed by atoms with van der Waals surface area (Å²) in [5, 5.41) is 9.13. The quantitative estimate of drug-likeness (QED) is 0.791. The summed E-state index contributed by atoms with van der Waals surface area (Å²) in [7, 11) is 3.25. The lowest BCUT2D eigenvalue weighted by Crippen LogP contribution is -1.81. The molecule has 1 rings (SSSR count). The highest BCUT2D eigenvalue weighted by Gasteiger charge is 2.15. The van der Waals surface area contributed by atoms with Gasteiger partial charge in [0.05, 0.1) is 5.02 Å². The Balaban J connectivity index is 0.000000583. The van der Waals surface area contributed by atoms with Gasteiger partial charge < -0.3 is 14.1 Å². The van der Waals surface area contributed by atoms with Crippen LogP contribution in [-0.2, 0) is 4.74 Å². The van der Waals surface area contributed by atoms with Gasteiger partial charge in [-0.05, 0) is 0 Å². The van der Waals surface area contributed by atoms with E-state index in [2.05, 4.69) is 9.03 Å². The number of rotatable bonds is 1. The van der Waals surface area contributed by atoms with Gasteiger partial charge in [-0.15, -0.1) is 0 Å². The molecule has 86 valence electrons. The zero-order valence-corrected chi connectivity index (χ0v) is 10.9. The van der Waals surface area contributed by atoms with E-state index < -0.39 is 0 Å². The van der Waals surface area contributed by atoms with Crippen molar-refractivity contribution < 1.29 is 14.1 Å². The van der Waals surface area contributed by atoms with Crippen LogP contribution in [0.1, 0.15) is 0 Å². The Labute approximate surface area is 108 Å². The van der Waals surface area contributed by atoms with Crippen LogP contribution in [-0.4, -0.2) is 19.3 Å². The van der Waals surface area contributed by atoms with Crippen LogP contribution >= 0.6 is 46.7 Å². The first kappa shape index (κ1) is 14.9. The molecule has 3 nitrogen and oxygen atoms in total. The summed E-state index contributed by atoms with van der Waals surface area (Å²) >= 11 is 21.8. The van der Waals surface area contributed by atoms with Crippen molar-refractivity contribution in [3.05, 3.63) is 21.1 Å². The second-order valence-corrected chi connectivity index (χ2v) is 3.64. The smallest absolute Gasteiger partial charge is 0.185 e. The molecule has 0 heterocycles. The van der Waals surface area contributed by atoms with Crippen LogP contribution in [0, 0.1) is 0 Å². The van der Waals surface area contributed by atoms with Crippen LogP contribution in [0.2, 0.25) is 15.1 Å². The van der Waals surface area contributed by atoms with Crippen molar-refractivity contribution in [1.29, 1.82) is 0 Å². The highest BCUT2D eigenvalue weighted by Crippen LogP contribution is 2.43. The molecule has 0 amide bonds. The van der Waals surface area contributed by atoms with Gasteiger partial charge in [-0.3, -0.25) is 0 Å². The Morgan fingerprint density at radius 3 is 2.00 bits per heavy atom. The zero-order valence-electron chi connectivity index (χ0n) is 7.85. The third kappa shape index (κ3) is 4.13. The number of hydrogen-bond donors (Lipinski definition) is 1. The number of ether oxygens (including phenoxy) is 1. The second-order valence-electron chi connectivity index (χ2n) is 2.32. The molecule has 1 aromatic rings. The van der Waals surface area contributed by atoms with Gasteiger partial charge in [0, 0.05) is 20.3 Å². The van der Waals surface area contributed by atoms with E-state index in [9.17, 15) is 0 Å². The fourth-order valence-electron chi connectivity index (χ4n) is 0.637. The summed E-state index contributed by atoms with van der Waals surface area (Å²) in [6, 6.07) is 1.19. The summed E-state index contributed by atoms with van der Waals surface area (Å²) in [4.78, 5) is 0. The molecule has 0 bridgehead atoms. The highest BCUT2D eigenvalue weighted by atomic mass is 35.5. The van der Waals surface area contributed by atoms with Gasteiger partial charge >= 0.3 is 0 Å². The average Bonchev–Trinajstić information content (AvgIpc) is 2.16. The zero-order chi connectivity index (χ0) is 12.0. The molecule has 0 aromatic heterocycles. The van der Waals surface area contributed by atoms with Crippen LogP contribution in [0.5, 0.6) is 11.5 Å². The van der Waals surface area contributed by atoms with Crippen LogP contribution in [0.25, 0.3) is 0 Å². The predicted octanol–water partition coefficient (Wildman–Crippen LogP) is 4.15. The largest absolute Gasteiger partial charge is 0.506 e. The maximum atomic E-state index is 9.10.